The third-order valence-corrected chi connectivity index (χ3v) is 4.45. The van der Waals surface area contributed by atoms with Gasteiger partial charge < -0.3 is 10.4 Å². The van der Waals surface area contributed by atoms with Gasteiger partial charge in [0.2, 0.25) is 11.0 Å². The first-order valence-electron chi connectivity index (χ1n) is 7.00. The molecule has 0 saturated carbocycles. The van der Waals surface area contributed by atoms with Crippen molar-refractivity contribution in [3.05, 3.63) is 5.01 Å². The van der Waals surface area contributed by atoms with Gasteiger partial charge in [0, 0.05) is 12.8 Å². The lowest BCUT2D eigenvalue weighted by molar-refractivity contribution is -0.153. The van der Waals surface area contributed by atoms with Crippen molar-refractivity contribution in [2.45, 2.75) is 47.5 Å². The Bertz CT molecular complexity index is 513. The summed E-state index contributed by atoms with van der Waals surface area (Å²) in [5.74, 6) is -0.990. The highest BCUT2D eigenvalue weighted by molar-refractivity contribution is 7.15. The predicted octanol–water partition coefficient (Wildman–Crippen LogP) is 2.81. The molecule has 0 aromatic carbocycles. The number of carbonyl (C=O) groups excluding carboxylic acids is 1. The smallest absolute Gasteiger partial charge is 0.310 e. The van der Waals surface area contributed by atoms with Gasteiger partial charge in [-0.1, -0.05) is 39.0 Å². The van der Waals surface area contributed by atoms with Crippen molar-refractivity contribution in [2.75, 3.05) is 5.32 Å². The Morgan fingerprint density at radius 3 is 2.38 bits per heavy atom. The second-order valence-corrected chi connectivity index (χ2v) is 7.26. The van der Waals surface area contributed by atoms with E-state index in [4.69, 9.17) is 0 Å². The number of carboxylic acid groups (broad SMARTS) is 1. The standard InChI is InChI=1S/C14H23N3O3S/c1-8(2)6-11-16-17-13(21-11)15-10(18)7-14(5,9(3)4)12(19)20/h8-9H,6-7H2,1-5H3,(H,19,20)(H,15,17,18). The van der Waals surface area contributed by atoms with Crippen LogP contribution >= 0.6 is 11.3 Å². The molecule has 7 heteroatoms. The van der Waals surface area contributed by atoms with Gasteiger partial charge >= 0.3 is 5.97 Å². The Hall–Kier alpha value is -1.50. The van der Waals surface area contributed by atoms with E-state index in [-0.39, 0.29) is 18.2 Å². The number of rotatable bonds is 7. The monoisotopic (exact) mass is 313 g/mol. The molecule has 0 spiro atoms. The Morgan fingerprint density at radius 1 is 1.29 bits per heavy atom. The molecule has 6 nitrogen and oxygen atoms in total. The summed E-state index contributed by atoms with van der Waals surface area (Å²) in [6, 6.07) is 0. The van der Waals surface area contributed by atoms with Crippen molar-refractivity contribution in [3.63, 3.8) is 0 Å². The molecule has 1 atom stereocenters. The summed E-state index contributed by atoms with van der Waals surface area (Å²) in [7, 11) is 0. The van der Waals surface area contributed by atoms with Gasteiger partial charge in [-0.15, -0.1) is 10.2 Å². The van der Waals surface area contributed by atoms with Crippen LogP contribution in [0.1, 0.15) is 46.0 Å². The van der Waals surface area contributed by atoms with Crippen LogP contribution in [0.4, 0.5) is 5.13 Å². The van der Waals surface area contributed by atoms with E-state index in [1.807, 2.05) is 0 Å². The number of carboxylic acids is 1. The van der Waals surface area contributed by atoms with Crippen molar-refractivity contribution in [1.29, 1.82) is 0 Å². The zero-order valence-electron chi connectivity index (χ0n) is 13.1. The molecule has 1 rings (SSSR count). The minimum absolute atomic E-state index is 0.0842. The summed E-state index contributed by atoms with van der Waals surface area (Å²) >= 11 is 1.33. The molecule has 1 amide bonds. The minimum atomic E-state index is -1.09. The lowest BCUT2D eigenvalue weighted by Crippen LogP contribution is -2.37. The molecule has 0 aliphatic carbocycles. The molecule has 118 valence electrons. The zero-order chi connectivity index (χ0) is 16.2. The fraction of sp³-hybridized carbons (Fsp3) is 0.714. The van der Waals surface area contributed by atoms with Gasteiger partial charge in [-0.05, 0) is 18.8 Å². The van der Waals surface area contributed by atoms with E-state index in [2.05, 4.69) is 29.4 Å². The summed E-state index contributed by atoms with van der Waals surface area (Å²) in [6.45, 7) is 9.35. The van der Waals surface area contributed by atoms with Crippen molar-refractivity contribution >= 4 is 28.3 Å². The van der Waals surface area contributed by atoms with E-state index in [9.17, 15) is 14.7 Å². The summed E-state index contributed by atoms with van der Waals surface area (Å²) in [5.41, 5.74) is -1.09. The Labute approximate surface area is 129 Å². The molecule has 0 aliphatic rings. The fourth-order valence-electron chi connectivity index (χ4n) is 1.76. The molecular weight excluding hydrogens is 290 g/mol. The normalized spacial score (nSPS) is 14.2. The first-order valence-corrected chi connectivity index (χ1v) is 7.82. The van der Waals surface area contributed by atoms with Gasteiger partial charge in [-0.2, -0.15) is 0 Å². The van der Waals surface area contributed by atoms with Crippen LogP contribution in [0.25, 0.3) is 0 Å². The second kappa shape index (κ2) is 6.98. The van der Waals surface area contributed by atoms with Crippen LogP contribution in [-0.2, 0) is 16.0 Å². The minimum Gasteiger partial charge on any atom is -0.481 e. The van der Waals surface area contributed by atoms with E-state index in [0.29, 0.717) is 11.0 Å². The average Bonchev–Trinajstić information content (AvgIpc) is 2.74. The third kappa shape index (κ3) is 4.77. The number of carbonyl (C=O) groups is 2. The average molecular weight is 313 g/mol. The van der Waals surface area contributed by atoms with Gasteiger partial charge in [-0.3, -0.25) is 9.59 Å². The van der Waals surface area contributed by atoms with E-state index in [1.165, 1.54) is 11.3 Å². The number of anilines is 1. The highest BCUT2D eigenvalue weighted by Gasteiger charge is 2.38. The molecule has 1 heterocycles. The Balaban J connectivity index is 2.69. The number of aliphatic carboxylic acids is 1. The maximum atomic E-state index is 12.0. The molecule has 0 bridgehead atoms. The molecule has 0 saturated heterocycles. The van der Waals surface area contributed by atoms with Gasteiger partial charge in [0.15, 0.2) is 0 Å². The predicted molar refractivity (Wildman–Crippen MR) is 82.3 cm³/mol. The van der Waals surface area contributed by atoms with Crippen LogP contribution in [0.15, 0.2) is 0 Å². The van der Waals surface area contributed by atoms with Crippen LogP contribution in [0.2, 0.25) is 0 Å². The molecule has 2 N–H and O–H groups in total. The van der Waals surface area contributed by atoms with Crippen LogP contribution in [0, 0.1) is 17.3 Å². The van der Waals surface area contributed by atoms with E-state index in [0.717, 1.165) is 11.4 Å². The van der Waals surface area contributed by atoms with E-state index >= 15 is 0 Å². The topological polar surface area (TPSA) is 92.2 Å². The van der Waals surface area contributed by atoms with Crippen LogP contribution in [0.3, 0.4) is 0 Å². The van der Waals surface area contributed by atoms with Crippen molar-refractivity contribution in [2.24, 2.45) is 17.3 Å². The lowest BCUT2D eigenvalue weighted by Gasteiger charge is -2.27. The molecule has 1 aromatic heterocycles. The largest absolute Gasteiger partial charge is 0.481 e. The van der Waals surface area contributed by atoms with E-state index in [1.54, 1.807) is 20.8 Å². The number of aromatic nitrogens is 2. The number of nitrogens with one attached hydrogen (secondary N) is 1. The molecule has 0 aliphatic heterocycles. The zero-order valence-corrected chi connectivity index (χ0v) is 14.0. The maximum Gasteiger partial charge on any atom is 0.310 e. The van der Waals surface area contributed by atoms with Crippen LogP contribution in [-0.4, -0.2) is 27.2 Å². The van der Waals surface area contributed by atoms with Gasteiger partial charge in [-0.25, -0.2) is 0 Å². The Morgan fingerprint density at radius 2 is 1.90 bits per heavy atom. The van der Waals surface area contributed by atoms with E-state index < -0.39 is 11.4 Å². The maximum absolute atomic E-state index is 12.0. The first kappa shape index (κ1) is 17.6. The molecule has 21 heavy (non-hydrogen) atoms. The molecule has 0 radical (unpaired) electrons. The first-order chi connectivity index (χ1) is 9.65. The highest BCUT2D eigenvalue weighted by atomic mass is 32.1. The molecular formula is C14H23N3O3S. The second-order valence-electron chi connectivity index (χ2n) is 6.20. The Kier molecular flexibility index (Phi) is 5.83. The highest BCUT2D eigenvalue weighted by Crippen LogP contribution is 2.32. The number of hydrogen-bond donors (Lipinski definition) is 2. The van der Waals surface area contributed by atoms with Crippen molar-refractivity contribution in [1.82, 2.24) is 10.2 Å². The summed E-state index contributed by atoms with van der Waals surface area (Å²) < 4.78 is 0. The SMILES string of the molecule is CC(C)Cc1nnc(NC(=O)CC(C)(C(=O)O)C(C)C)s1. The van der Waals surface area contributed by atoms with Gasteiger partial charge in [0.1, 0.15) is 5.01 Å². The molecule has 1 aromatic rings. The van der Waals surface area contributed by atoms with Crippen LogP contribution in [0.5, 0.6) is 0 Å². The number of amides is 1. The van der Waals surface area contributed by atoms with Crippen molar-refractivity contribution < 1.29 is 14.7 Å². The molecule has 1 unspecified atom stereocenters. The summed E-state index contributed by atoms with van der Waals surface area (Å²) in [5, 5.41) is 21.2. The fourth-order valence-corrected chi connectivity index (χ4v) is 2.73. The third-order valence-electron chi connectivity index (χ3n) is 3.59. The van der Waals surface area contributed by atoms with Gasteiger partial charge in [0.25, 0.3) is 0 Å². The lowest BCUT2D eigenvalue weighted by atomic mass is 9.76. The quantitative estimate of drug-likeness (QED) is 0.807. The summed E-state index contributed by atoms with van der Waals surface area (Å²) in [6.07, 6.45) is 0.728. The van der Waals surface area contributed by atoms with Gasteiger partial charge in [0.05, 0.1) is 5.41 Å². The van der Waals surface area contributed by atoms with Crippen molar-refractivity contribution in [3.8, 4) is 0 Å². The molecule has 0 fully saturated rings. The van der Waals surface area contributed by atoms with Crippen LogP contribution < -0.4 is 5.32 Å². The summed E-state index contributed by atoms with van der Waals surface area (Å²) in [4.78, 5) is 23.4. The number of hydrogen-bond acceptors (Lipinski definition) is 5. The number of nitrogens with zero attached hydrogens (tertiary/aromatic N) is 2.